The van der Waals surface area contributed by atoms with Crippen molar-refractivity contribution in [2.24, 2.45) is 0 Å². The minimum Gasteiger partial charge on any atom is -0.444 e. The number of likely N-dealkylation sites (N-methyl/N-ethyl adjacent to an activating group) is 1. The summed E-state index contributed by atoms with van der Waals surface area (Å²) < 4.78 is 10.4. The van der Waals surface area contributed by atoms with E-state index in [1.807, 2.05) is 84.9 Å². The van der Waals surface area contributed by atoms with Crippen molar-refractivity contribution >= 4 is 45.9 Å². The second-order valence-electron chi connectivity index (χ2n) is 13.4. The van der Waals surface area contributed by atoms with Crippen LogP contribution in [-0.2, 0) is 36.7 Å². The molecule has 0 bridgehead atoms. The maximum Gasteiger partial charge on any atom is 0.408 e. The van der Waals surface area contributed by atoms with E-state index in [-0.39, 0.29) is 5.91 Å². The quantitative estimate of drug-likeness (QED) is 0.150. The Morgan fingerprint density at radius 2 is 1.12 bits per heavy atom. The number of fused-ring (bicyclic) bond motifs is 2. The van der Waals surface area contributed by atoms with Crippen LogP contribution >= 0.6 is 0 Å². The molecule has 0 aliphatic rings. The average molecular weight is 658 g/mol. The van der Waals surface area contributed by atoms with Crippen LogP contribution in [0.25, 0.3) is 21.5 Å². The van der Waals surface area contributed by atoms with Crippen LogP contribution in [0.3, 0.4) is 0 Å². The number of rotatable bonds is 9. The van der Waals surface area contributed by atoms with Crippen molar-refractivity contribution in [2.45, 2.75) is 77.7 Å². The molecule has 256 valence electrons. The molecule has 0 aliphatic carbocycles. The topological polar surface area (TPSA) is 123 Å². The zero-order chi connectivity index (χ0) is 35.5. The van der Waals surface area contributed by atoms with E-state index in [1.165, 1.54) is 14.2 Å². The molecule has 0 saturated carbocycles. The Kier molecular flexibility index (Phi) is 13.1. The number of aldehydes is 1. The first-order valence-electron chi connectivity index (χ1n) is 15.8. The molecule has 4 aromatic rings. The van der Waals surface area contributed by atoms with Crippen molar-refractivity contribution in [3.63, 3.8) is 0 Å². The molecule has 48 heavy (non-hydrogen) atoms. The van der Waals surface area contributed by atoms with Crippen LogP contribution in [-0.4, -0.2) is 66.9 Å². The van der Waals surface area contributed by atoms with Gasteiger partial charge in [-0.05, 0) is 80.6 Å². The van der Waals surface area contributed by atoms with E-state index in [4.69, 9.17) is 14.3 Å². The lowest BCUT2D eigenvalue weighted by Gasteiger charge is -2.25. The van der Waals surface area contributed by atoms with E-state index in [2.05, 4.69) is 10.6 Å². The summed E-state index contributed by atoms with van der Waals surface area (Å²) in [5, 5.41) is 10.8. The number of hydrogen-bond donors (Lipinski definition) is 2. The van der Waals surface area contributed by atoms with Crippen LogP contribution in [0.2, 0.25) is 0 Å². The third kappa shape index (κ3) is 12.3. The molecule has 0 heterocycles. The van der Waals surface area contributed by atoms with Gasteiger partial charge in [0, 0.05) is 13.5 Å². The van der Waals surface area contributed by atoms with Crippen LogP contribution in [0.15, 0.2) is 84.9 Å². The zero-order valence-corrected chi connectivity index (χ0v) is 29.0. The summed E-state index contributed by atoms with van der Waals surface area (Å²) in [5.41, 5.74) is 0.698. The summed E-state index contributed by atoms with van der Waals surface area (Å²) in [6.45, 7) is 10.7. The number of ether oxygens (including phenoxy) is 2. The molecule has 0 saturated heterocycles. The lowest BCUT2D eigenvalue weighted by molar-refractivity contribution is -0.171. The molecule has 2 unspecified atom stereocenters. The second-order valence-corrected chi connectivity index (χ2v) is 13.4. The molecule has 0 fully saturated rings. The van der Waals surface area contributed by atoms with Gasteiger partial charge in [0.1, 0.15) is 23.5 Å². The van der Waals surface area contributed by atoms with Crippen molar-refractivity contribution in [2.75, 3.05) is 14.2 Å². The Hall–Kier alpha value is -4.96. The summed E-state index contributed by atoms with van der Waals surface area (Å²) in [5.74, 6) is -0.355. The number of amides is 3. The number of hydrogen-bond acceptors (Lipinski definition) is 7. The summed E-state index contributed by atoms with van der Waals surface area (Å²) in [6.07, 6.45) is 0.287. The van der Waals surface area contributed by atoms with Gasteiger partial charge in [0.05, 0.1) is 13.2 Å². The van der Waals surface area contributed by atoms with Crippen LogP contribution < -0.4 is 10.6 Å². The number of nitrogens with zero attached hydrogens (tertiary/aromatic N) is 1. The zero-order valence-electron chi connectivity index (χ0n) is 29.0. The van der Waals surface area contributed by atoms with E-state index >= 15 is 0 Å². The molecular formula is C38H47N3O7. The van der Waals surface area contributed by atoms with Gasteiger partial charge in [0.2, 0.25) is 0 Å². The molecule has 4 aromatic carbocycles. The molecule has 4 rings (SSSR count). The first-order chi connectivity index (χ1) is 22.6. The van der Waals surface area contributed by atoms with Gasteiger partial charge in [-0.15, -0.1) is 0 Å². The van der Waals surface area contributed by atoms with Gasteiger partial charge in [0.25, 0.3) is 5.91 Å². The number of benzene rings is 4. The highest BCUT2D eigenvalue weighted by molar-refractivity contribution is 5.86. The van der Waals surface area contributed by atoms with Crippen LogP contribution in [0.5, 0.6) is 0 Å². The molecule has 2 N–H and O–H groups in total. The van der Waals surface area contributed by atoms with Gasteiger partial charge in [-0.1, -0.05) is 84.9 Å². The monoisotopic (exact) mass is 657 g/mol. The molecule has 0 radical (unpaired) electrons. The first kappa shape index (κ1) is 37.5. The highest BCUT2D eigenvalue weighted by Gasteiger charge is 2.27. The number of carbonyl (C=O) groups is 4. The van der Waals surface area contributed by atoms with Gasteiger partial charge < -0.3 is 24.9 Å². The third-order valence-electron chi connectivity index (χ3n) is 6.96. The molecule has 2 atom stereocenters. The van der Waals surface area contributed by atoms with Gasteiger partial charge in [0.15, 0.2) is 0 Å². The van der Waals surface area contributed by atoms with Gasteiger partial charge in [-0.2, -0.15) is 0 Å². The average Bonchev–Trinajstić information content (AvgIpc) is 3.01. The van der Waals surface area contributed by atoms with Gasteiger partial charge in [-0.3, -0.25) is 9.63 Å². The molecule has 0 aromatic heterocycles. The van der Waals surface area contributed by atoms with E-state index in [0.717, 1.165) is 44.0 Å². The Morgan fingerprint density at radius 1 is 0.688 bits per heavy atom. The Labute approximate surface area is 282 Å². The maximum atomic E-state index is 12.6. The SMILES string of the molecule is CC(C)(C)OC(=O)NC(C=O)Cc1ccc2ccccc2c1.CON(C)C(=O)C(Cc1ccc2ccccc2c1)NC(=O)OC(C)(C)C. The fraction of sp³-hybridized carbons (Fsp3) is 0.368. The Balaban J connectivity index is 0.000000264. The first-order valence-corrected chi connectivity index (χ1v) is 15.8. The van der Waals surface area contributed by atoms with E-state index < -0.39 is 35.5 Å². The van der Waals surface area contributed by atoms with Crippen molar-refractivity contribution in [3.8, 4) is 0 Å². The molecule has 0 aliphatic heterocycles. The summed E-state index contributed by atoms with van der Waals surface area (Å²) in [7, 11) is 2.91. The molecule has 0 spiro atoms. The minimum absolute atomic E-state index is 0.330. The van der Waals surface area contributed by atoms with Crippen LogP contribution in [0.4, 0.5) is 9.59 Å². The lowest BCUT2D eigenvalue weighted by Crippen LogP contribution is -2.49. The fourth-order valence-electron chi connectivity index (χ4n) is 4.77. The predicted octanol–water partition coefficient (Wildman–Crippen LogP) is 6.77. The Bertz CT molecular complexity index is 1710. The molecule has 3 amide bonds. The van der Waals surface area contributed by atoms with E-state index in [9.17, 15) is 19.2 Å². The second kappa shape index (κ2) is 16.7. The van der Waals surface area contributed by atoms with Crippen molar-refractivity contribution in [3.05, 3.63) is 96.1 Å². The number of carbonyl (C=O) groups excluding carboxylic acids is 4. The highest BCUT2D eigenvalue weighted by atomic mass is 16.7. The lowest BCUT2D eigenvalue weighted by atomic mass is 10.0. The predicted molar refractivity (Wildman–Crippen MR) is 187 cm³/mol. The van der Waals surface area contributed by atoms with Gasteiger partial charge >= 0.3 is 12.2 Å². The van der Waals surface area contributed by atoms with Crippen molar-refractivity contribution in [1.82, 2.24) is 15.7 Å². The molecule has 10 nitrogen and oxygen atoms in total. The number of hydroxylamine groups is 2. The smallest absolute Gasteiger partial charge is 0.408 e. The summed E-state index contributed by atoms with van der Waals surface area (Å²) in [4.78, 5) is 52.6. The summed E-state index contributed by atoms with van der Waals surface area (Å²) in [6, 6.07) is 26.6. The molecule has 10 heteroatoms. The van der Waals surface area contributed by atoms with Gasteiger partial charge in [-0.25, -0.2) is 14.7 Å². The van der Waals surface area contributed by atoms with Crippen LogP contribution in [0, 0.1) is 0 Å². The normalized spacial score (nSPS) is 12.6. The van der Waals surface area contributed by atoms with E-state index in [1.54, 1.807) is 41.5 Å². The highest BCUT2D eigenvalue weighted by Crippen LogP contribution is 2.19. The molecular weight excluding hydrogens is 610 g/mol. The van der Waals surface area contributed by atoms with Crippen molar-refractivity contribution in [1.29, 1.82) is 0 Å². The number of alkyl carbamates (subject to hydrolysis) is 2. The largest absolute Gasteiger partial charge is 0.444 e. The van der Waals surface area contributed by atoms with Crippen LogP contribution in [0.1, 0.15) is 52.7 Å². The standard InChI is InChI=1S/C20H26N2O4.C18H21NO3/c1-20(2,3)26-19(24)21-17(18(23)22(4)25-5)13-14-10-11-15-8-6-7-9-16(15)12-14;1-18(2,3)22-17(21)19-16(12-20)11-13-8-9-14-6-4-5-7-15(14)10-13/h6-12,17H,13H2,1-5H3,(H,21,24);4-10,12,16H,11H2,1-3H3,(H,19,21). The number of nitrogens with one attached hydrogen (secondary N) is 2. The maximum absolute atomic E-state index is 12.6. The minimum atomic E-state index is -0.795. The van der Waals surface area contributed by atoms with E-state index in [0.29, 0.717) is 12.8 Å². The summed E-state index contributed by atoms with van der Waals surface area (Å²) >= 11 is 0. The fourth-order valence-corrected chi connectivity index (χ4v) is 4.77. The third-order valence-corrected chi connectivity index (χ3v) is 6.96. The Morgan fingerprint density at radius 3 is 1.56 bits per heavy atom. The van der Waals surface area contributed by atoms with Crippen molar-refractivity contribution < 1.29 is 33.5 Å².